The summed E-state index contributed by atoms with van der Waals surface area (Å²) >= 11 is 0. The van der Waals surface area contributed by atoms with Crippen LogP contribution in [0.25, 0.3) is 0 Å². The van der Waals surface area contributed by atoms with E-state index in [1.165, 1.54) is 51.4 Å². The summed E-state index contributed by atoms with van der Waals surface area (Å²) < 4.78 is 21.5. The Labute approximate surface area is 465 Å². The van der Waals surface area contributed by atoms with Gasteiger partial charge in [-0.3, -0.25) is 19.2 Å². The van der Waals surface area contributed by atoms with Crippen LogP contribution in [0.5, 0.6) is 0 Å². The van der Waals surface area contributed by atoms with Gasteiger partial charge in [0.25, 0.3) is 0 Å². The molecule has 0 aromatic carbocycles. The molecular weight excluding hydrogens is 953 g/mol. The predicted molar refractivity (Wildman–Crippen MR) is 308 cm³/mol. The fraction of sp³-hybridized carbons (Fsp3) is 0.938. The van der Waals surface area contributed by atoms with Crippen molar-refractivity contribution in [3.63, 3.8) is 0 Å². The highest BCUT2D eigenvalue weighted by Gasteiger charge is 2.36. The van der Waals surface area contributed by atoms with Crippen molar-refractivity contribution in [1.82, 2.24) is 19.6 Å². The molecule has 4 saturated heterocycles. The molecule has 8 rings (SSSR count). The van der Waals surface area contributed by atoms with Gasteiger partial charge >= 0.3 is 0 Å². The summed E-state index contributed by atoms with van der Waals surface area (Å²) in [5.74, 6) is 9.01. The average Bonchev–Trinajstić information content (AvgIpc) is 3.47. The van der Waals surface area contributed by atoms with Crippen LogP contribution in [0.3, 0.4) is 0 Å². The standard InChI is InChI=1S/4C16H29NO2/c4*1-12(2)13-8-10-17(11-9-13)16(18)14-4-6-15(19-3)7-5-14/h4*12-15H,4-11H2,1-3H3. The Bertz CT molecular complexity index is 1390. The molecule has 12 heteroatoms. The second-order valence-corrected chi connectivity index (χ2v) is 26.5. The molecule has 0 spiro atoms. The van der Waals surface area contributed by atoms with Crippen molar-refractivity contribution in [1.29, 1.82) is 0 Å². The fourth-order valence-electron chi connectivity index (χ4n) is 14.4. The van der Waals surface area contributed by atoms with Gasteiger partial charge in [0.1, 0.15) is 0 Å². The van der Waals surface area contributed by atoms with Crippen molar-refractivity contribution < 1.29 is 38.1 Å². The van der Waals surface area contributed by atoms with Crippen LogP contribution in [0.2, 0.25) is 0 Å². The quantitative estimate of drug-likeness (QED) is 0.190. The van der Waals surface area contributed by atoms with E-state index in [2.05, 4.69) is 75.0 Å². The van der Waals surface area contributed by atoms with Gasteiger partial charge in [-0.15, -0.1) is 0 Å². The molecule has 4 aliphatic carbocycles. The zero-order valence-electron chi connectivity index (χ0n) is 50.9. The molecule has 0 radical (unpaired) electrons. The van der Waals surface area contributed by atoms with E-state index in [4.69, 9.17) is 18.9 Å². The lowest BCUT2D eigenvalue weighted by atomic mass is 9.84. The zero-order chi connectivity index (χ0) is 55.3. The number of hydrogen-bond donors (Lipinski definition) is 0. The summed E-state index contributed by atoms with van der Waals surface area (Å²) in [5.41, 5.74) is 0. The molecular formula is C64H116N4O8. The monoisotopic (exact) mass is 1070 g/mol. The van der Waals surface area contributed by atoms with Crippen LogP contribution in [-0.2, 0) is 38.1 Å². The molecule has 4 heterocycles. The summed E-state index contributed by atoms with van der Waals surface area (Å²) in [7, 11) is 7.13. The van der Waals surface area contributed by atoms with Gasteiger partial charge in [-0.25, -0.2) is 0 Å². The topological polar surface area (TPSA) is 118 Å². The summed E-state index contributed by atoms with van der Waals surface area (Å²) in [4.78, 5) is 58.5. The van der Waals surface area contributed by atoms with Gasteiger partial charge in [0.2, 0.25) is 23.6 Å². The van der Waals surface area contributed by atoms with Crippen LogP contribution in [0, 0.1) is 71.0 Å². The third kappa shape index (κ3) is 20.1. The van der Waals surface area contributed by atoms with Crippen molar-refractivity contribution in [2.75, 3.05) is 80.8 Å². The smallest absolute Gasteiger partial charge is 0.225 e. The number of carbonyl (C=O) groups excluding carboxylic acids is 4. The van der Waals surface area contributed by atoms with Gasteiger partial charge in [0, 0.05) is 104 Å². The highest BCUT2D eigenvalue weighted by Crippen LogP contribution is 2.35. The first-order valence-corrected chi connectivity index (χ1v) is 31.7. The molecule has 0 N–H and O–H groups in total. The number of methoxy groups -OCH3 is 4. The maximum atomic E-state index is 12.5. The Morgan fingerprint density at radius 2 is 0.408 bits per heavy atom. The van der Waals surface area contributed by atoms with Crippen molar-refractivity contribution in [3.8, 4) is 0 Å². The molecule has 4 saturated carbocycles. The van der Waals surface area contributed by atoms with Gasteiger partial charge in [0.15, 0.2) is 0 Å². The summed E-state index contributed by atoms with van der Waals surface area (Å²) in [6, 6.07) is 0. The van der Waals surface area contributed by atoms with E-state index in [-0.39, 0.29) is 23.7 Å². The number of rotatable bonds is 12. The van der Waals surface area contributed by atoms with E-state index >= 15 is 0 Å². The minimum atomic E-state index is 0.266. The summed E-state index contributed by atoms with van der Waals surface area (Å²) in [6.07, 6.45) is 27.6. The number of piperidine rings is 4. The lowest BCUT2D eigenvalue weighted by Gasteiger charge is -2.37. The highest BCUT2D eigenvalue weighted by atomic mass is 16.5. The first kappa shape index (κ1) is 64.5. The second-order valence-electron chi connectivity index (χ2n) is 26.5. The Balaban J connectivity index is 0.000000187. The van der Waals surface area contributed by atoms with Gasteiger partial charge in [0.05, 0.1) is 24.4 Å². The molecule has 0 bridgehead atoms. The van der Waals surface area contributed by atoms with E-state index in [0.717, 1.165) is 202 Å². The van der Waals surface area contributed by atoms with Crippen LogP contribution in [0.1, 0.15) is 209 Å². The van der Waals surface area contributed by atoms with Crippen molar-refractivity contribution in [2.24, 2.45) is 71.0 Å². The molecule has 8 fully saturated rings. The van der Waals surface area contributed by atoms with E-state index in [9.17, 15) is 19.2 Å². The van der Waals surface area contributed by atoms with Crippen molar-refractivity contribution in [3.05, 3.63) is 0 Å². The SMILES string of the molecule is COC1CCC(C(=O)N2CCC(C(C)C)CC2)CC1.COC1CCC(C(=O)N2CCC(C(C)C)CC2)CC1.COC1CCC(C(=O)N2CCC(C(C)C)CC2)CC1.COC1CCC(C(=O)N2CCC(C(C)C)CC2)CC1. The van der Waals surface area contributed by atoms with Crippen molar-refractivity contribution >= 4 is 23.6 Å². The fourth-order valence-corrected chi connectivity index (χ4v) is 14.4. The molecule has 12 nitrogen and oxygen atoms in total. The van der Waals surface area contributed by atoms with Gasteiger partial charge in [-0.2, -0.15) is 0 Å². The largest absolute Gasteiger partial charge is 0.381 e. The zero-order valence-corrected chi connectivity index (χ0v) is 50.9. The van der Waals surface area contributed by atoms with Crippen LogP contribution in [0.4, 0.5) is 0 Å². The molecule has 440 valence electrons. The lowest BCUT2D eigenvalue weighted by molar-refractivity contribution is -0.139. The molecule has 0 aromatic rings. The van der Waals surface area contributed by atoms with E-state index in [1.54, 1.807) is 28.4 Å². The minimum Gasteiger partial charge on any atom is -0.381 e. The van der Waals surface area contributed by atoms with Gasteiger partial charge in [-0.05, 0) is 201 Å². The Hall–Kier alpha value is -2.28. The summed E-state index contributed by atoms with van der Waals surface area (Å²) in [6.45, 7) is 26.2. The van der Waals surface area contributed by atoms with Crippen LogP contribution in [0.15, 0.2) is 0 Å². The number of amides is 4. The lowest BCUT2D eigenvalue weighted by Crippen LogP contribution is -2.43. The molecule has 8 aliphatic rings. The third-order valence-electron chi connectivity index (χ3n) is 20.6. The number of nitrogens with zero attached hydrogens (tertiary/aromatic N) is 4. The molecule has 0 aromatic heterocycles. The average molecular weight is 1070 g/mol. The van der Waals surface area contributed by atoms with E-state index in [0.29, 0.717) is 48.0 Å². The number of carbonyl (C=O) groups is 4. The number of hydrogen-bond acceptors (Lipinski definition) is 8. The molecule has 0 unspecified atom stereocenters. The first-order valence-electron chi connectivity index (χ1n) is 31.7. The Morgan fingerprint density at radius 1 is 0.263 bits per heavy atom. The molecule has 76 heavy (non-hydrogen) atoms. The predicted octanol–water partition coefficient (Wildman–Crippen LogP) is 12.3. The Morgan fingerprint density at radius 3 is 0.526 bits per heavy atom. The maximum absolute atomic E-state index is 12.5. The normalized spacial score (nSPS) is 29.8. The Kier molecular flexibility index (Phi) is 28.4. The van der Waals surface area contributed by atoms with Gasteiger partial charge < -0.3 is 38.5 Å². The summed E-state index contributed by atoms with van der Waals surface area (Å²) in [5, 5.41) is 0. The van der Waals surface area contributed by atoms with Crippen LogP contribution >= 0.6 is 0 Å². The van der Waals surface area contributed by atoms with E-state index < -0.39 is 0 Å². The van der Waals surface area contributed by atoms with Crippen LogP contribution in [-0.4, -0.2) is 148 Å². The first-order chi connectivity index (χ1) is 36.5. The minimum absolute atomic E-state index is 0.266. The third-order valence-corrected chi connectivity index (χ3v) is 20.6. The number of likely N-dealkylation sites (tertiary alicyclic amines) is 4. The highest BCUT2D eigenvalue weighted by molar-refractivity contribution is 5.80. The number of ether oxygens (including phenoxy) is 4. The van der Waals surface area contributed by atoms with Crippen molar-refractivity contribution in [2.45, 2.75) is 234 Å². The van der Waals surface area contributed by atoms with Crippen LogP contribution < -0.4 is 0 Å². The maximum Gasteiger partial charge on any atom is 0.225 e. The van der Waals surface area contributed by atoms with E-state index in [1.807, 2.05) is 0 Å². The molecule has 0 atom stereocenters. The molecule has 4 aliphatic heterocycles. The second kappa shape index (κ2) is 33.5. The van der Waals surface area contributed by atoms with Gasteiger partial charge in [-0.1, -0.05) is 55.4 Å². The molecule has 4 amide bonds.